The lowest BCUT2D eigenvalue weighted by Gasteiger charge is -2.36. The molecule has 3 heterocycles. The van der Waals surface area contributed by atoms with Crippen molar-refractivity contribution in [2.24, 2.45) is 0 Å². The number of carbonyl (C=O) groups is 1. The highest BCUT2D eigenvalue weighted by Gasteiger charge is 2.31. The molecule has 1 amide bonds. The van der Waals surface area contributed by atoms with Crippen LogP contribution in [0.15, 0.2) is 36.4 Å². The number of carbonyl (C=O) groups excluding carboxylic acids is 1. The normalized spacial score (nSPS) is 17.9. The van der Waals surface area contributed by atoms with E-state index in [1.54, 1.807) is 23.1 Å². The van der Waals surface area contributed by atoms with Crippen LogP contribution in [0.1, 0.15) is 16.1 Å². The van der Waals surface area contributed by atoms with Crippen molar-refractivity contribution in [1.82, 2.24) is 15.1 Å². The van der Waals surface area contributed by atoms with Crippen LogP contribution in [0, 0.1) is 0 Å². The molecular weight excluding hydrogens is 399 g/mol. The fourth-order valence-corrected chi connectivity index (χ4v) is 3.61. The maximum Gasteiger partial charge on any atom is 0.416 e. The second kappa shape index (κ2) is 8.47. The number of hydrogen-bond acceptors (Lipinski definition) is 6. The zero-order valence-electron chi connectivity index (χ0n) is 16.3. The van der Waals surface area contributed by atoms with E-state index in [0.717, 1.165) is 25.2 Å². The molecule has 4 rings (SSSR count). The molecule has 0 spiro atoms. The highest BCUT2D eigenvalue weighted by molar-refractivity contribution is 5.92. The Hall–Kier alpha value is -2.88. The van der Waals surface area contributed by atoms with Crippen molar-refractivity contribution in [1.29, 1.82) is 0 Å². The summed E-state index contributed by atoms with van der Waals surface area (Å²) >= 11 is 0. The Bertz CT molecular complexity index is 877. The fraction of sp³-hybridized carbons (Fsp3) is 0.450. The van der Waals surface area contributed by atoms with Crippen LogP contribution < -0.4 is 9.80 Å². The lowest BCUT2D eigenvalue weighted by atomic mass is 10.1. The molecule has 0 bridgehead atoms. The highest BCUT2D eigenvalue weighted by atomic mass is 19.4. The van der Waals surface area contributed by atoms with Crippen molar-refractivity contribution >= 4 is 17.4 Å². The van der Waals surface area contributed by atoms with Crippen LogP contribution in [0.4, 0.5) is 24.7 Å². The summed E-state index contributed by atoms with van der Waals surface area (Å²) in [6.07, 6.45) is -4.38. The van der Waals surface area contributed by atoms with Crippen LogP contribution in [-0.4, -0.2) is 73.5 Å². The van der Waals surface area contributed by atoms with Crippen molar-refractivity contribution < 1.29 is 22.7 Å². The van der Waals surface area contributed by atoms with Crippen LogP contribution in [-0.2, 0) is 10.9 Å². The summed E-state index contributed by atoms with van der Waals surface area (Å²) in [7, 11) is 0. The number of ether oxygens (including phenoxy) is 1. The van der Waals surface area contributed by atoms with Gasteiger partial charge in [-0.05, 0) is 30.3 Å². The number of nitrogens with zero attached hydrogens (tertiary/aromatic N) is 5. The van der Waals surface area contributed by atoms with E-state index in [1.807, 2.05) is 4.90 Å². The summed E-state index contributed by atoms with van der Waals surface area (Å²) in [4.78, 5) is 18.3. The van der Waals surface area contributed by atoms with E-state index < -0.39 is 11.7 Å². The van der Waals surface area contributed by atoms with Crippen molar-refractivity contribution in [3.8, 4) is 0 Å². The molecule has 2 aromatic rings. The summed E-state index contributed by atoms with van der Waals surface area (Å²) in [5.41, 5.74) is 0.0975. The molecule has 2 saturated heterocycles. The van der Waals surface area contributed by atoms with Crippen molar-refractivity contribution in [2.75, 3.05) is 62.3 Å². The van der Waals surface area contributed by atoms with E-state index in [1.165, 1.54) is 6.07 Å². The van der Waals surface area contributed by atoms with Gasteiger partial charge in [-0.1, -0.05) is 6.07 Å². The molecule has 2 fully saturated rings. The Morgan fingerprint density at radius 2 is 1.63 bits per heavy atom. The Labute approximate surface area is 172 Å². The van der Waals surface area contributed by atoms with Gasteiger partial charge in [0.05, 0.1) is 18.8 Å². The largest absolute Gasteiger partial charge is 0.416 e. The third kappa shape index (κ3) is 4.48. The van der Waals surface area contributed by atoms with Gasteiger partial charge in [-0.3, -0.25) is 4.79 Å². The van der Waals surface area contributed by atoms with E-state index in [-0.39, 0.29) is 11.6 Å². The molecule has 0 saturated carbocycles. The Balaban J connectivity index is 1.36. The van der Waals surface area contributed by atoms with Crippen molar-refractivity contribution in [2.45, 2.75) is 6.18 Å². The van der Waals surface area contributed by atoms with Gasteiger partial charge in [0.15, 0.2) is 11.5 Å². The fourth-order valence-electron chi connectivity index (χ4n) is 3.61. The average Bonchev–Trinajstić information content (AvgIpc) is 2.79. The smallest absolute Gasteiger partial charge is 0.378 e. The Morgan fingerprint density at radius 1 is 0.900 bits per heavy atom. The third-order valence-electron chi connectivity index (χ3n) is 5.31. The van der Waals surface area contributed by atoms with Gasteiger partial charge in [0.1, 0.15) is 0 Å². The van der Waals surface area contributed by atoms with Gasteiger partial charge in [0.2, 0.25) is 0 Å². The second-order valence-electron chi connectivity index (χ2n) is 7.20. The predicted octanol–water partition coefficient (Wildman–Crippen LogP) is 2.29. The zero-order valence-corrected chi connectivity index (χ0v) is 16.3. The molecule has 0 radical (unpaired) electrons. The minimum Gasteiger partial charge on any atom is -0.378 e. The molecule has 30 heavy (non-hydrogen) atoms. The van der Waals surface area contributed by atoms with Gasteiger partial charge in [0, 0.05) is 45.0 Å². The molecule has 0 atom stereocenters. The van der Waals surface area contributed by atoms with Crippen molar-refractivity contribution in [3.05, 3.63) is 47.7 Å². The molecule has 0 N–H and O–H groups in total. The van der Waals surface area contributed by atoms with Gasteiger partial charge in [-0.2, -0.15) is 13.2 Å². The number of piperazine rings is 1. The van der Waals surface area contributed by atoms with Gasteiger partial charge in [-0.15, -0.1) is 10.2 Å². The molecule has 1 aromatic carbocycles. The molecule has 2 aliphatic rings. The first-order valence-electron chi connectivity index (χ1n) is 9.80. The minimum absolute atomic E-state index is 0.222. The summed E-state index contributed by atoms with van der Waals surface area (Å²) in [5, 5.41) is 8.25. The number of halogens is 3. The first-order valence-corrected chi connectivity index (χ1v) is 9.80. The SMILES string of the molecule is O=C(c1ccc(N2CCOCC2)nn1)N1CCN(c2cccc(C(F)(F)F)c2)CC1. The van der Waals surface area contributed by atoms with E-state index in [2.05, 4.69) is 15.1 Å². The van der Waals surface area contributed by atoms with E-state index >= 15 is 0 Å². The van der Waals surface area contributed by atoms with Crippen LogP contribution in [0.2, 0.25) is 0 Å². The molecule has 10 heteroatoms. The minimum atomic E-state index is -4.38. The van der Waals surface area contributed by atoms with Crippen LogP contribution in [0.25, 0.3) is 0 Å². The number of hydrogen-bond donors (Lipinski definition) is 0. The van der Waals surface area contributed by atoms with Gasteiger partial charge >= 0.3 is 6.18 Å². The second-order valence-corrected chi connectivity index (χ2v) is 7.20. The lowest BCUT2D eigenvalue weighted by Crippen LogP contribution is -2.49. The Kier molecular flexibility index (Phi) is 5.76. The highest BCUT2D eigenvalue weighted by Crippen LogP contribution is 2.32. The topological polar surface area (TPSA) is 61.8 Å². The van der Waals surface area contributed by atoms with Gasteiger partial charge < -0.3 is 19.4 Å². The third-order valence-corrected chi connectivity index (χ3v) is 5.31. The predicted molar refractivity (Wildman–Crippen MR) is 105 cm³/mol. The van der Waals surface area contributed by atoms with E-state index in [9.17, 15) is 18.0 Å². The number of alkyl halides is 3. The van der Waals surface area contributed by atoms with Crippen LogP contribution >= 0.6 is 0 Å². The van der Waals surface area contributed by atoms with E-state index in [4.69, 9.17) is 4.74 Å². The molecule has 0 aliphatic carbocycles. The van der Waals surface area contributed by atoms with E-state index in [0.29, 0.717) is 50.9 Å². The molecule has 0 unspecified atom stereocenters. The maximum atomic E-state index is 12.9. The number of rotatable bonds is 3. The van der Waals surface area contributed by atoms with Gasteiger partial charge in [-0.25, -0.2) is 0 Å². The lowest BCUT2D eigenvalue weighted by molar-refractivity contribution is -0.137. The zero-order chi connectivity index (χ0) is 21.1. The number of aromatic nitrogens is 2. The summed E-state index contributed by atoms with van der Waals surface area (Å²) in [6, 6.07) is 8.71. The first kappa shape index (κ1) is 20.4. The molecule has 160 valence electrons. The molecule has 1 aromatic heterocycles. The maximum absolute atomic E-state index is 12.9. The Morgan fingerprint density at radius 3 is 2.27 bits per heavy atom. The number of anilines is 2. The average molecular weight is 421 g/mol. The quantitative estimate of drug-likeness (QED) is 0.758. The summed E-state index contributed by atoms with van der Waals surface area (Å²) in [6.45, 7) is 4.46. The van der Waals surface area contributed by atoms with Crippen LogP contribution in [0.5, 0.6) is 0 Å². The monoisotopic (exact) mass is 421 g/mol. The summed E-state index contributed by atoms with van der Waals surface area (Å²) < 4.78 is 44.1. The molecule has 2 aliphatic heterocycles. The number of amides is 1. The molecule has 7 nitrogen and oxygen atoms in total. The number of benzene rings is 1. The first-order chi connectivity index (χ1) is 14.4. The number of morpholine rings is 1. The molecular formula is C20H22F3N5O2. The van der Waals surface area contributed by atoms with Crippen molar-refractivity contribution in [3.63, 3.8) is 0 Å². The standard InChI is InChI=1S/C20H22F3N5O2/c21-20(22,23)15-2-1-3-16(14-15)26-6-8-28(9-7-26)19(29)17-4-5-18(25-24-17)27-10-12-30-13-11-27/h1-5,14H,6-13H2. The van der Waals surface area contributed by atoms with Crippen LogP contribution in [0.3, 0.4) is 0 Å². The summed E-state index contributed by atoms with van der Waals surface area (Å²) in [5.74, 6) is 0.490. The van der Waals surface area contributed by atoms with Gasteiger partial charge in [0.25, 0.3) is 5.91 Å².